The quantitative estimate of drug-likeness (QED) is 0.911. The van der Waals surface area contributed by atoms with Crippen LogP contribution in [0.3, 0.4) is 0 Å². The number of benzene rings is 2. The van der Waals surface area contributed by atoms with Crippen LogP contribution in [-0.4, -0.2) is 18.9 Å². The van der Waals surface area contributed by atoms with Gasteiger partial charge in [0.25, 0.3) is 5.91 Å². The van der Waals surface area contributed by atoms with Gasteiger partial charge in [0.15, 0.2) is 0 Å². The molecule has 0 saturated heterocycles. The number of amides is 2. The number of hydrogen-bond acceptors (Lipinski definition) is 2. The lowest BCUT2D eigenvalue weighted by Gasteiger charge is -2.20. The molecule has 4 nitrogen and oxygen atoms in total. The molecule has 0 radical (unpaired) electrons. The van der Waals surface area contributed by atoms with Crippen molar-refractivity contribution in [2.24, 2.45) is 11.8 Å². The number of anilines is 2. The van der Waals surface area contributed by atoms with Crippen molar-refractivity contribution < 1.29 is 9.59 Å². The van der Waals surface area contributed by atoms with Crippen molar-refractivity contribution >= 4 is 23.2 Å². The molecule has 2 atom stereocenters. The highest BCUT2D eigenvalue weighted by Gasteiger charge is 2.39. The van der Waals surface area contributed by atoms with Gasteiger partial charge in [-0.3, -0.25) is 9.59 Å². The lowest BCUT2D eigenvalue weighted by molar-refractivity contribution is -0.117. The van der Waals surface area contributed by atoms with Gasteiger partial charge in [0.1, 0.15) is 0 Å². The second-order valence-corrected chi connectivity index (χ2v) is 7.04. The average Bonchev–Trinajstić information content (AvgIpc) is 3.33. The van der Waals surface area contributed by atoms with Gasteiger partial charge in [-0.15, -0.1) is 0 Å². The van der Waals surface area contributed by atoms with Gasteiger partial charge in [-0.1, -0.05) is 19.1 Å². The molecule has 0 bridgehead atoms. The van der Waals surface area contributed by atoms with Crippen molar-refractivity contribution in [3.8, 4) is 0 Å². The Hall–Kier alpha value is -2.62. The number of hydrogen-bond donors (Lipinski definition) is 1. The van der Waals surface area contributed by atoms with Crippen molar-refractivity contribution in [2.45, 2.75) is 27.2 Å². The molecule has 0 heterocycles. The molecule has 0 aliphatic heterocycles. The number of carbonyl (C=O) groups excluding carboxylic acids is 2. The Labute approximate surface area is 148 Å². The van der Waals surface area contributed by atoms with Crippen LogP contribution in [0, 0.1) is 25.7 Å². The van der Waals surface area contributed by atoms with Crippen LogP contribution in [0.15, 0.2) is 42.5 Å². The first kappa shape index (κ1) is 17.2. The third kappa shape index (κ3) is 3.73. The zero-order valence-electron chi connectivity index (χ0n) is 15.2. The predicted molar refractivity (Wildman–Crippen MR) is 101 cm³/mol. The van der Waals surface area contributed by atoms with Gasteiger partial charge in [0, 0.05) is 29.9 Å². The van der Waals surface area contributed by atoms with E-state index in [1.54, 1.807) is 36.2 Å². The van der Waals surface area contributed by atoms with E-state index in [0.717, 1.165) is 28.9 Å². The maximum atomic E-state index is 12.7. The van der Waals surface area contributed by atoms with E-state index in [4.69, 9.17) is 0 Å². The van der Waals surface area contributed by atoms with Crippen LogP contribution >= 0.6 is 0 Å². The normalized spacial score (nSPS) is 18.6. The Balaban J connectivity index is 1.71. The predicted octanol–water partition coefficient (Wildman–Crippen LogP) is 4.17. The summed E-state index contributed by atoms with van der Waals surface area (Å²) in [6.07, 6.45) is 0.961. The molecule has 1 aliphatic carbocycles. The molecular formula is C21H24N2O2. The van der Waals surface area contributed by atoms with E-state index < -0.39 is 0 Å². The van der Waals surface area contributed by atoms with Crippen molar-refractivity contribution in [1.29, 1.82) is 0 Å². The number of carbonyl (C=O) groups is 2. The van der Waals surface area contributed by atoms with Gasteiger partial charge in [-0.2, -0.15) is 0 Å². The molecule has 1 saturated carbocycles. The number of nitrogens with one attached hydrogen (secondary N) is 1. The molecule has 1 N–H and O–H groups in total. The first-order valence-electron chi connectivity index (χ1n) is 8.63. The zero-order chi connectivity index (χ0) is 18.1. The third-order valence-corrected chi connectivity index (χ3v) is 4.88. The van der Waals surface area contributed by atoms with Crippen molar-refractivity contribution in [3.63, 3.8) is 0 Å². The lowest BCUT2D eigenvalue weighted by Crippen LogP contribution is -2.27. The van der Waals surface area contributed by atoms with E-state index in [1.807, 2.05) is 32.0 Å². The maximum Gasteiger partial charge on any atom is 0.258 e. The molecule has 2 amide bonds. The fourth-order valence-corrected chi connectivity index (χ4v) is 3.00. The van der Waals surface area contributed by atoms with Gasteiger partial charge in [-0.05, 0) is 67.6 Å². The fourth-order valence-electron chi connectivity index (χ4n) is 3.00. The molecule has 0 aromatic heterocycles. The van der Waals surface area contributed by atoms with Crippen LogP contribution in [0.2, 0.25) is 0 Å². The van der Waals surface area contributed by atoms with Crippen LogP contribution < -0.4 is 10.2 Å². The summed E-state index contributed by atoms with van der Waals surface area (Å²) in [5, 5.41) is 2.91. The van der Waals surface area contributed by atoms with Gasteiger partial charge in [0.05, 0.1) is 0 Å². The van der Waals surface area contributed by atoms with E-state index in [0.29, 0.717) is 11.5 Å². The van der Waals surface area contributed by atoms with E-state index in [1.165, 1.54) is 0 Å². The Morgan fingerprint density at radius 1 is 1.08 bits per heavy atom. The molecule has 0 unspecified atom stereocenters. The van der Waals surface area contributed by atoms with E-state index in [9.17, 15) is 9.59 Å². The first-order valence-corrected chi connectivity index (χ1v) is 8.63. The number of rotatable bonds is 4. The van der Waals surface area contributed by atoms with Crippen molar-refractivity contribution in [2.75, 3.05) is 17.3 Å². The van der Waals surface area contributed by atoms with Crippen LogP contribution in [0.5, 0.6) is 0 Å². The van der Waals surface area contributed by atoms with Crippen molar-refractivity contribution in [1.82, 2.24) is 0 Å². The van der Waals surface area contributed by atoms with Crippen LogP contribution in [0.25, 0.3) is 0 Å². The van der Waals surface area contributed by atoms with Crippen LogP contribution in [0.4, 0.5) is 11.4 Å². The lowest BCUT2D eigenvalue weighted by atomic mass is 10.1. The van der Waals surface area contributed by atoms with Gasteiger partial charge < -0.3 is 10.2 Å². The highest BCUT2D eigenvalue weighted by molar-refractivity contribution is 6.06. The molecule has 2 aromatic carbocycles. The van der Waals surface area contributed by atoms with Crippen LogP contribution in [0.1, 0.15) is 34.8 Å². The van der Waals surface area contributed by atoms with E-state index in [2.05, 4.69) is 12.2 Å². The molecule has 4 heteroatoms. The summed E-state index contributed by atoms with van der Waals surface area (Å²) in [6, 6.07) is 13.2. The maximum absolute atomic E-state index is 12.7. The molecule has 130 valence electrons. The topological polar surface area (TPSA) is 49.4 Å². The summed E-state index contributed by atoms with van der Waals surface area (Å²) >= 11 is 0. The molecule has 25 heavy (non-hydrogen) atoms. The third-order valence-electron chi connectivity index (χ3n) is 4.88. The largest absolute Gasteiger partial charge is 0.326 e. The van der Waals surface area contributed by atoms with E-state index in [-0.39, 0.29) is 17.7 Å². The summed E-state index contributed by atoms with van der Waals surface area (Å²) in [4.78, 5) is 26.4. The first-order chi connectivity index (χ1) is 11.9. The summed E-state index contributed by atoms with van der Waals surface area (Å²) in [7, 11) is 1.79. The number of nitrogens with zero attached hydrogens (tertiary/aromatic N) is 1. The summed E-state index contributed by atoms with van der Waals surface area (Å²) < 4.78 is 0. The summed E-state index contributed by atoms with van der Waals surface area (Å²) in [6.45, 7) is 6.09. The van der Waals surface area contributed by atoms with Crippen molar-refractivity contribution in [3.05, 3.63) is 59.2 Å². The average molecular weight is 336 g/mol. The Kier molecular flexibility index (Phi) is 4.62. The highest BCUT2D eigenvalue weighted by Crippen LogP contribution is 2.38. The molecular weight excluding hydrogens is 312 g/mol. The Bertz CT molecular complexity index is 811. The summed E-state index contributed by atoms with van der Waals surface area (Å²) in [5.41, 5.74) is 4.41. The molecule has 2 aromatic rings. The Morgan fingerprint density at radius 3 is 2.32 bits per heavy atom. The molecule has 1 aliphatic rings. The second kappa shape index (κ2) is 6.71. The molecule has 1 fully saturated rings. The van der Waals surface area contributed by atoms with Gasteiger partial charge in [-0.25, -0.2) is 0 Å². The fraction of sp³-hybridized carbons (Fsp3) is 0.333. The smallest absolute Gasteiger partial charge is 0.258 e. The highest BCUT2D eigenvalue weighted by atomic mass is 16.2. The van der Waals surface area contributed by atoms with Gasteiger partial charge >= 0.3 is 0 Å². The van der Waals surface area contributed by atoms with Gasteiger partial charge in [0.2, 0.25) is 5.91 Å². The molecule has 3 rings (SSSR count). The second-order valence-electron chi connectivity index (χ2n) is 7.04. The van der Waals surface area contributed by atoms with E-state index >= 15 is 0 Å². The summed E-state index contributed by atoms with van der Waals surface area (Å²) in [5.74, 6) is 0.616. The Morgan fingerprint density at radius 2 is 1.72 bits per heavy atom. The number of aryl methyl sites for hydroxylation is 2. The minimum Gasteiger partial charge on any atom is -0.326 e. The standard InChI is InChI=1S/C21H24N2O2/c1-13-5-6-14(2)19(11-13)23(4)21(25)16-7-9-17(10-8-16)22-20(24)18-12-15(18)3/h5-11,15,18H,12H2,1-4H3,(H,22,24)/t15-,18+/m0/s1. The zero-order valence-corrected chi connectivity index (χ0v) is 15.2. The monoisotopic (exact) mass is 336 g/mol. The minimum absolute atomic E-state index is 0.0672. The molecule has 0 spiro atoms. The minimum atomic E-state index is -0.0672. The SMILES string of the molecule is Cc1ccc(C)c(N(C)C(=O)c2ccc(NC(=O)[C@@H]3C[C@@H]3C)cc2)c1. The van der Waals surface area contributed by atoms with Crippen LogP contribution in [-0.2, 0) is 4.79 Å².